The van der Waals surface area contributed by atoms with Crippen LogP contribution in [0.4, 0.5) is 0 Å². The minimum Gasteiger partial charge on any atom is -0.493 e. The molecule has 0 aliphatic carbocycles. The van der Waals surface area contributed by atoms with Crippen molar-refractivity contribution in [2.75, 3.05) is 65.6 Å². The lowest BCUT2D eigenvalue weighted by Crippen LogP contribution is -2.48. The molecule has 2 aromatic carbocycles. The quantitative estimate of drug-likeness (QED) is 0.422. The molecule has 0 spiro atoms. The smallest absolute Gasteiger partial charge is 0.219 e. The van der Waals surface area contributed by atoms with Gasteiger partial charge in [-0.15, -0.1) is 0 Å². The van der Waals surface area contributed by atoms with E-state index in [1.807, 2.05) is 4.90 Å². The van der Waals surface area contributed by atoms with Crippen LogP contribution in [0.3, 0.4) is 0 Å². The zero-order chi connectivity index (χ0) is 25.3. The Labute approximate surface area is 217 Å². The Morgan fingerprint density at radius 3 is 1.67 bits per heavy atom. The van der Waals surface area contributed by atoms with Gasteiger partial charge in [0.05, 0.1) is 13.2 Å². The molecule has 2 aliphatic rings. The first kappa shape index (κ1) is 26.5. The van der Waals surface area contributed by atoms with Gasteiger partial charge in [-0.1, -0.05) is 24.3 Å². The third kappa shape index (κ3) is 7.01. The van der Waals surface area contributed by atoms with Crippen LogP contribution in [-0.4, -0.2) is 86.2 Å². The molecule has 2 aromatic rings. The Morgan fingerprint density at radius 2 is 1.19 bits per heavy atom. The van der Waals surface area contributed by atoms with Gasteiger partial charge >= 0.3 is 0 Å². The fraction of sp³-hybridized carbons (Fsp3) is 0.567. The van der Waals surface area contributed by atoms with E-state index in [4.69, 9.17) is 9.47 Å². The predicted molar refractivity (Wildman–Crippen MR) is 146 cm³/mol. The Bertz CT molecular complexity index is 995. The van der Waals surface area contributed by atoms with Crippen LogP contribution in [0.1, 0.15) is 43.7 Å². The highest BCUT2D eigenvalue weighted by atomic mass is 16.5. The van der Waals surface area contributed by atoms with Crippen molar-refractivity contribution in [1.29, 1.82) is 0 Å². The van der Waals surface area contributed by atoms with Crippen molar-refractivity contribution in [3.63, 3.8) is 0 Å². The van der Waals surface area contributed by atoms with Crippen LogP contribution in [0.25, 0.3) is 11.1 Å². The van der Waals surface area contributed by atoms with E-state index in [1.54, 1.807) is 6.92 Å². The van der Waals surface area contributed by atoms with Crippen LogP contribution in [0.5, 0.6) is 11.5 Å². The first-order valence-corrected chi connectivity index (χ1v) is 13.7. The maximum absolute atomic E-state index is 11.5. The van der Waals surface area contributed by atoms with Crippen LogP contribution >= 0.6 is 0 Å². The molecule has 0 N–H and O–H groups in total. The fourth-order valence-electron chi connectivity index (χ4n) is 5.36. The molecule has 2 saturated heterocycles. The molecule has 36 heavy (non-hydrogen) atoms. The molecule has 0 unspecified atom stereocenters. The number of likely N-dealkylation sites (tertiary alicyclic amines) is 1. The summed E-state index contributed by atoms with van der Waals surface area (Å²) in [7, 11) is 0. The van der Waals surface area contributed by atoms with Gasteiger partial charge in [0.25, 0.3) is 0 Å². The van der Waals surface area contributed by atoms with Crippen molar-refractivity contribution >= 4 is 5.91 Å². The summed E-state index contributed by atoms with van der Waals surface area (Å²) in [5.74, 6) is 2.10. The average Bonchev–Trinajstić information content (AvgIpc) is 3.40. The Balaban J connectivity index is 1.28. The second kappa shape index (κ2) is 13.1. The molecule has 2 fully saturated rings. The number of carbonyl (C=O) groups excluding carboxylic acids is 1. The highest BCUT2D eigenvalue weighted by molar-refractivity contribution is 5.74. The van der Waals surface area contributed by atoms with E-state index in [0.29, 0.717) is 6.61 Å². The van der Waals surface area contributed by atoms with Crippen molar-refractivity contribution in [3.05, 3.63) is 47.5 Å². The highest BCUT2D eigenvalue weighted by Crippen LogP contribution is 2.35. The normalized spacial score (nSPS) is 16.9. The van der Waals surface area contributed by atoms with E-state index in [0.717, 1.165) is 70.2 Å². The molecular formula is C30H43N3O3. The van der Waals surface area contributed by atoms with Crippen LogP contribution in [0, 0.1) is 13.8 Å². The van der Waals surface area contributed by atoms with Crippen molar-refractivity contribution in [1.82, 2.24) is 14.7 Å². The van der Waals surface area contributed by atoms with Crippen LogP contribution in [0.2, 0.25) is 0 Å². The summed E-state index contributed by atoms with van der Waals surface area (Å²) in [6.07, 6.45) is 4.72. The van der Waals surface area contributed by atoms with Gasteiger partial charge in [-0.25, -0.2) is 0 Å². The highest BCUT2D eigenvalue weighted by Gasteiger charge is 2.18. The third-order valence-electron chi connectivity index (χ3n) is 7.63. The van der Waals surface area contributed by atoms with Crippen molar-refractivity contribution in [2.45, 2.75) is 46.5 Å². The second-order valence-electron chi connectivity index (χ2n) is 10.2. The summed E-state index contributed by atoms with van der Waals surface area (Å²) >= 11 is 0. The standard InChI is InChI=1S/C30H43N3O3/c1-24-27(10-6-12-29(24)35-22-8-16-31-14-4-5-15-31)28-11-7-13-30(25(28)2)36-23-9-17-32-18-20-33(21-19-32)26(3)34/h6-7,10-13H,4-5,8-9,14-23H2,1-3H3. The number of piperazine rings is 1. The SMILES string of the molecule is CC(=O)N1CCN(CCCOc2cccc(-c3cccc(OCCCN4CCCC4)c3C)c2C)CC1. The van der Waals surface area contributed by atoms with Crippen LogP contribution in [-0.2, 0) is 4.79 Å². The maximum atomic E-state index is 11.5. The molecule has 6 nitrogen and oxygen atoms in total. The van der Waals surface area contributed by atoms with Gasteiger partial charge in [-0.3, -0.25) is 9.69 Å². The minimum atomic E-state index is 0.179. The zero-order valence-corrected chi connectivity index (χ0v) is 22.4. The monoisotopic (exact) mass is 493 g/mol. The molecule has 2 heterocycles. The first-order valence-electron chi connectivity index (χ1n) is 13.7. The molecule has 196 valence electrons. The Hall–Kier alpha value is -2.57. The fourth-order valence-corrected chi connectivity index (χ4v) is 5.36. The maximum Gasteiger partial charge on any atom is 0.219 e. The van der Waals surface area contributed by atoms with E-state index in [2.05, 4.69) is 60.0 Å². The molecule has 1 amide bonds. The third-order valence-corrected chi connectivity index (χ3v) is 7.63. The van der Waals surface area contributed by atoms with Crippen LogP contribution < -0.4 is 9.47 Å². The topological polar surface area (TPSA) is 45.3 Å². The van der Waals surface area contributed by atoms with E-state index < -0.39 is 0 Å². The molecule has 6 heteroatoms. The van der Waals surface area contributed by atoms with Crippen molar-refractivity contribution < 1.29 is 14.3 Å². The molecule has 0 bridgehead atoms. The minimum absolute atomic E-state index is 0.179. The summed E-state index contributed by atoms with van der Waals surface area (Å²) in [6.45, 7) is 15.6. The molecule has 0 atom stereocenters. The number of hydrogen-bond donors (Lipinski definition) is 0. The number of amides is 1. The predicted octanol–water partition coefficient (Wildman–Crippen LogP) is 4.77. The Kier molecular flexibility index (Phi) is 9.65. The molecular weight excluding hydrogens is 450 g/mol. The summed E-state index contributed by atoms with van der Waals surface area (Å²) in [5.41, 5.74) is 4.76. The lowest BCUT2D eigenvalue weighted by molar-refractivity contribution is -0.130. The number of carbonyl (C=O) groups is 1. The van der Waals surface area contributed by atoms with Crippen molar-refractivity contribution in [2.24, 2.45) is 0 Å². The summed E-state index contributed by atoms with van der Waals surface area (Å²) in [6, 6.07) is 12.7. The molecule has 0 aromatic heterocycles. The zero-order valence-electron chi connectivity index (χ0n) is 22.4. The van der Waals surface area contributed by atoms with Gasteiger partial charge in [-0.05, 0) is 87.0 Å². The average molecular weight is 494 g/mol. The summed E-state index contributed by atoms with van der Waals surface area (Å²) in [5, 5.41) is 0. The van der Waals surface area contributed by atoms with Crippen LogP contribution in [0.15, 0.2) is 36.4 Å². The van der Waals surface area contributed by atoms with Gasteiger partial charge in [0, 0.05) is 46.2 Å². The second-order valence-corrected chi connectivity index (χ2v) is 10.2. The van der Waals surface area contributed by atoms with E-state index in [1.165, 1.54) is 48.2 Å². The Morgan fingerprint density at radius 1 is 0.722 bits per heavy atom. The lowest BCUT2D eigenvalue weighted by Gasteiger charge is -2.34. The summed E-state index contributed by atoms with van der Waals surface area (Å²) < 4.78 is 12.4. The number of benzene rings is 2. The van der Waals surface area contributed by atoms with Gasteiger partial charge in [0.2, 0.25) is 5.91 Å². The number of hydrogen-bond acceptors (Lipinski definition) is 5. The molecule has 0 saturated carbocycles. The van der Waals surface area contributed by atoms with Gasteiger partial charge in [-0.2, -0.15) is 0 Å². The van der Waals surface area contributed by atoms with Gasteiger partial charge < -0.3 is 19.3 Å². The van der Waals surface area contributed by atoms with E-state index in [-0.39, 0.29) is 5.91 Å². The van der Waals surface area contributed by atoms with Gasteiger partial charge in [0.15, 0.2) is 0 Å². The molecule has 0 radical (unpaired) electrons. The van der Waals surface area contributed by atoms with E-state index >= 15 is 0 Å². The van der Waals surface area contributed by atoms with Gasteiger partial charge in [0.1, 0.15) is 11.5 Å². The van der Waals surface area contributed by atoms with E-state index in [9.17, 15) is 4.79 Å². The summed E-state index contributed by atoms with van der Waals surface area (Å²) in [4.78, 5) is 18.4. The number of nitrogens with zero attached hydrogens (tertiary/aromatic N) is 3. The molecule has 2 aliphatic heterocycles. The van der Waals surface area contributed by atoms with Crippen molar-refractivity contribution in [3.8, 4) is 22.6 Å². The number of rotatable bonds is 11. The largest absolute Gasteiger partial charge is 0.493 e. The number of ether oxygens (including phenoxy) is 2. The first-order chi connectivity index (χ1) is 17.5. The lowest BCUT2D eigenvalue weighted by atomic mass is 9.95. The molecule has 4 rings (SSSR count).